The van der Waals surface area contributed by atoms with Crippen LogP contribution in [0.15, 0.2) is 0 Å². The molecule has 0 aromatic rings. The molecule has 8 heavy (non-hydrogen) atoms. The summed E-state index contributed by atoms with van der Waals surface area (Å²) in [6.07, 6.45) is -1.53. The lowest BCUT2D eigenvalue weighted by molar-refractivity contribution is 0.0677. The van der Waals surface area contributed by atoms with Crippen LogP contribution < -0.4 is 11.2 Å². The first-order chi connectivity index (χ1) is 3.63. The molecule has 0 amide bonds. The third-order valence-corrected chi connectivity index (χ3v) is 0.248. The highest BCUT2D eigenvalue weighted by Crippen LogP contribution is 1.64. The van der Waals surface area contributed by atoms with Crippen molar-refractivity contribution >= 4 is 12.1 Å². The van der Waals surface area contributed by atoms with Crippen molar-refractivity contribution in [3.63, 3.8) is 0 Å². The standard InChI is InChI=1S/C2H5N3O3/c3-1(4)5-8-2(6)7/h(H,6,7)(H4,3,4,5). The van der Waals surface area contributed by atoms with E-state index in [4.69, 9.17) is 10.5 Å². The van der Waals surface area contributed by atoms with Crippen molar-refractivity contribution in [1.29, 1.82) is 5.41 Å². The first kappa shape index (κ1) is 6.54. The molecule has 0 aromatic carbocycles. The summed E-state index contributed by atoms with van der Waals surface area (Å²) in [4.78, 5) is 13.1. The SMILES string of the molecule is N=C(N)NOC(=O)O. The summed E-state index contributed by atoms with van der Waals surface area (Å²) >= 11 is 0. The molecular formula is C2H5N3O3. The van der Waals surface area contributed by atoms with Gasteiger partial charge in [0, 0.05) is 0 Å². The van der Waals surface area contributed by atoms with Crippen LogP contribution in [0, 0.1) is 5.41 Å². The van der Waals surface area contributed by atoms with E-state index in [1.165, 1.54) is 0 Å². The van der Waals surface area contributed by atoms with E-state index in [9.17, 15) is 4.79 Å². The highest BCUT2D eigenvalue weighted by Gasteiger charge is 1.93. The number of hydrogen-bond donors (Lipinski definition) is 4. The monoisotopic (exact) mass is 119 g/mol. The quantitative estimate of drug-likeness (QED) is 0.187. The van der Waals surface area contributed by atoms with Crippen LogP contribution in [0.2, 0.25) is 0 Å². The van der Waals surface area contributed by atoms with Crippen molar-refractivity contribution in [1.82, 2.24) is 5.48 Å². The maximum Gasteiger partial charge on any atom is 0.530 e. The van der Waals surface area contributed by atoms with Gasteiger partial charge in [0.25, 0.3) is 0 Å². The second-order valence-corrected chi connectivity index (χ2v) is 0.884. The lowest BCUT2D eigenvalue weighted by Crippen LogP contribution is -2.31. The molecule has 6 nitrogen and oxygen atoms in total. The molecule has 0 spiro atoms. The molecule has 0 aliphatic heterocycles. The Hall–Kier alpha value is -1.46. The third kappa shape index (κ3) is 4.54. The maximum atomic E-state index is 9.47. The average Bonchev–Trinajstić information content (AvgIpc) is 1.61. The van der Waals surface area contributed by atoms with Crippen molar-refractivity contribution in [3.8, 4) is 0 Å². The van der Waals surface area contributed by atoms with Crippen molar-refractivity contribution in [2.75, 3.05) is 0 Å². The Bertz CT molecular complexity index is 97.1. The second-order valence-electron chi connectivity index (χ2n) is 0.884. The van der Waals surface area contributed by atoms with E-state index in [0.717, 1.165) is 0 Å². The molecular weight excluding hydrogens is 114 g/mol. The van der Waals surface area contributed by atoms with Crippen molar-refractivity contribution in [3.05, 3.63) is 0 Å². The van der Waals surface area contributed by atoms with Crippen LogP contribution in [0.25, 0.3) is 0 Å². The van der Waals surface area contributed by atoms with Crippen LogP contribution >= 0.6 is 0 Å². The topological polar surface area (TPSA) is 108 Å². The molecule has 6 heteroatoms. The number of hydrogen-bond acceptors (Lipinski definition) is 3. The molecule has 0 aliphatic rings. The molecule has 0 radical (unpaired) electrons. The van der Waals surface area contributed by atoms with Crippen LogP contribution in [0.3, 0.4) is 0 Å². The zero-order valence-electron chi connectivity index (χ0n) is 3.84. The van der Waals surface area contributed by atoms with Crippen LogP contribution in [0.1, 0.15) is 0 Å². The van der Waals surface area contributed by atoms with Gasteiger partial charge < -0.3 is 15.7 Å². The molecule has 0 atom stereocenters. The summed E-state index contributed by atoms with van der Waals surface area (Å²) in [6, 6.07) is 0. The van der Waals surface area contributed by atoms with Crippen LogP contribution in [0.4, 0.5) is 4.79 Å². The van der Waals surface area contributed by atoms with E-state index in [0.29, 0.717) is 0 Å². The molecule has 46 valence electrons. The highest BCUT2D eigenvalue weighted by molar-refractivity contribution is 5.74. The van der Waals surface area contributed by atoms with Gasteiger partial charge in [-0.1, -0.05) is 0 Å². The fourth-order valence-corrected chi connectivity index (χ4v) is 0.0986. The Kier molecular flexibility index (Phi) is 2.18. The van der Waals surface area contributed by atoms with Crippen LogP contribution in [0.5, 0.6) is 0 Å². The van der Waals surface area contributed by atoms with E-state index in [2.05, 4.69) is 10.6 Å². The number of guanidine groups is 1. The largest absolute Gasteiger partial charge is 0.530 e. The van der Waals surface area contributed by atoms with Crippen molar-refractivity contribution in [2.45, 2.75) is 0 Å². The molecule has 0 aliphatic carbocycles. The lowest BCUT2D eigenvalue weighted by atomic mass is 11.1. The minimum absolute atomic E-state index is 0.549. The Morgan fingerprint density at radius 1 is 1.88 bits per heavy atom. The van der Waals surface area contributed by atoms with Crippen LogP contribution in [-0.2, 0) is 4.84 Å². The molecule has 0 saturated heterocycles. The number of nitrogens with two attached hydrogens (primary N) is 1. The normalized spacial score (nSPS) is 7.50. The molecule has 0 unspecified atom stereocenters. The number of hydroxylamine groups is 1. The van der Waals surface area contributed by atoms with Gasteiger partial charge in [-0.05, 0) is 0 Å². The number of nitrogens with one attached hydrogen (secondary N) is 2. The van der Waals surface area contributed by atoms with Gasteiger partial charge in [0.15, 0.2) is 0 Å². The van der Waals surface area contributed by atoms with Gasteiger partial charge in [-0.2, -0.15) is 5.48 Å². The second kappa shape index (κ2) is 2.67. The first-order valence-electron chi connectivity index (χ1n) is 1.62. The molecule has 0 bridgehead atoms. The predicted octanol–water partition coefficient (Wildman–Crippen LogP) is -0.921. The first-order valence-corrected chi connectivity index (χ1v) is 1.62. The van der Waals surface area contributed by atoms with Gasteiger partial charge in [0.05, 0.1) is 0 Å². The molecule has 0 aromatic heterocycles. The summed E-state index contributed by atoms with van der Waals surface area (Å²) in [6.45, 7) is 0. The molecule has 0 rings (SSSR count). The summed E-state index contributed by atoms with van der Waals surface area (Å²) in [5.41, 5.74) is 6.23. The number of rotatable bonds is 0. The fourth-order valence-electron chi connectivity index (χ4n) is 0.0986. The zero-order valence-corrected chi connectivity index (χ0v) is 3.84. The minimum atomic E-state index is -1.53. The van der Waals surface area contributed by atoms with Gasteiger partial charge in [-0.15, -0.1) is 0 Å². The third-order valence-electron chi connectivity index (χ3n) is 0.248. The summed E-state index contributed by atoms with van der Waals surface area (Å²) in [5, 5.41) is 14.1. The van der Waals surface area contributed by atoms with Crippen molar-refractivity contribution < 1.29 is 14.7 Å². The zero-order chi connectivity index (χ0) is 6.57. The lowest BCUT2D eigenvalue weighted by Gasteiger charge is -1.96. The predicted molar refractivity (Wildman–Crippen MR) is 24.2 cm³/mol. The minimum Gasteiger partial charge on any atom is -0.448 e. The van der Waals surface area contributed by atoms with E-state index in [-0.39, 0.29) is 0 Å². The summed E-state index contributed by atoms with van der Waals surface area (Å²) in [7, 11) is 0. The van der Waals surface area contributed by atoms with Gasteiger partial charge in [0.1, 0.15) is 0 Å². The number of carboxylic acid groups (broad SMARTS) is 1. The Morgan fingerprint density at radius 3 is 2.50 bits per heavy atom. The van der Waals surface area contributed by atoms with E-state index in [1.54, 1.807) is 5.48 Å². The molecule has 0 heterocycles. The van der Waals surface area contributed by atoms with Gasteiger partial charge in [0.2, 0.25) is 5.96 Å². The van der Waals surface area contributed by atoms with Gasteiger partial charge >= 0.3 is 6.16 Å². The smallest absolute Gasteiger partial charge is 0.448 e. The average molecular weight is 119 g/mol. The van der Waals surface area contributed by atoms with Crippen molar-refractivity contribution in [2.24, 2.45) is 5.73 Å². The number of carbonyl (C=O) groups is 1. The molecule has 5 N–H and O–H groups in total. The van der Waals surface area contributed by atoms with E-state index < -0.39 is 12.1 Å². The van der Waals surface area contributed by atoms with Gasteiger partial charge in [-0.25, -0.2) is 4.79 Å². The van der Waals surface area contributed by atoms with E-state index >= 15 is 0 Å². The molecule has 0 saturated carbocycles. The Morgan fingerprint density at radius 2 is 2.38 bits per heavy atom. The fraction of sp³-hybridized carbons (Fsp3) is 0. The van der Waals surface area contributed by atoms with Crippen LogP contribution in [-0.4, -0.2) is 17.2 Å². The molecule has 0 fully saturated rings. The Balaban J connectivity index is 3.18. The summed E-state index contributed by atoms with van der Waals surface area (Å²) in [5.74, 6) is -0.549. The van der Waals surface area contributed by atoms with Gasteiger partial charge in [-0.3, -0.25) is 5.41 Å². The summed E-state index contributed by atoms with van der Waals surface area (Å²) < 4.78 is 0. The highest BCUT2D eigenvalue weighted by atomic mass is 16.8. The Labute approximate surface area is 44.7 Å². The van der Waals surface area contributed by atoms with E-state index in [1.807, 2.05) is 0 Å². The maximum absolute atomic E-state index is 9.47.